The molecule has 0 aliphatic carbocycles. The zero-order valence-electron chi connectivity index (χ0n) is 25.9. The number of hydrogen-bond donors (Lipinski definition) is 1. The molecule has 5 saturated heterocycles. The van der Waals surface area contributed by atoms with Gasteiger partial charge in [0.15, 0.2) is 6.73 Å². The second-order valence-corrected chi connectivity index (χ2v) is 13.8. The van der Waals surface area contributed by atoms with Gasteiger partial charge in [-0.1, -0.05) is 41.4 Å². The Balaban J connectivity index is 1.09. The van der Waals surface area contributed by atoms with E-state index >= 15 is 4.39 Å². The summed E-state index contributed by atoms with van der Waals surface area (Å²) < 4.78 is 32.9. The molecule has 6 aliphatic heterocycles. The second kappa shape index (κ2) is 12.1. The Morgan fingerprint density at radius 1 is 0.979 bits per heavy atom. The first kappa shape index (κ1) is 30.7. The number of ether oxygens (including phenoxy) is 3. The molecule has 3 aromatic rings. The lowest BCUT2D eigenvalue weighted by Crippen LogP contribution is -2.61. The number of nitrogens with zero attached hydrogens (tertiary/aromatic N) is 3. The smallest absolute Gasteiger partial charge is 0.340 e. The van der Waals surface area contributed by atoms with Gasteiger partial charge in [-0.25, -0.2) is 9.18 Å². The molecule has 0 spiro atoms. The van der Waals surface area contributed by atoms with Crippen LogP contribution in [0.4, 0.5) is 15.8 Å². The fraction of sp³-hybridized carbons (Fsp3) is 0.429. The highest BCUT2D eigenvalue weighted by atomic mass is 35.5. The number of piperazine rings is 1. The number of para-hydroxylation sites is 1. The molecule has 9 rings (SSSR count). The zero-order chi connectivity index (χ0) is 32.4. The average Bonchev–Trinajstić information content (AvgIpc) is 3.34. The molecule has 0 aromatic heterocycles. The molecular formula is C35H35Cl2FN4O5. The van der Waals surface area contributed by atoms with Gasteiger partial charge in [-0.05, 0) is 49.9 Å². The molecule has 4 bridgehead atoms. The summed E-state index contributed by atoms with van der Waals surface area (Å²) in [5.41, 5.74) is 3.51. The molecule has 3 aromatic carbocycles. The Morgan fingerprint density at radius 3 is 2.38 bits per heavy atom. The van der Waals surface area contributed by atoms with Crippen LogP contribution in [0.1, 0.15) is 52.0 Å². The minimum absolute atomic E-state index is 0.0683. The predicted molar refractivity (Wildman–Crippen MR) is 177 cm³/mol. The van der Waals surface area contributed by atoms with E-state index in [-0.39, 0.29) is 42.4 Å². The summed E-state index contributed by atoms with van der Waals surface area (Å²) in [5, 5.41) is 4.14. The zero-order valence-corrected chi connectivity index (χ0v) is 27.5. The van der Waals surface area contributed by atoms with Crippen LogP contribution in [-0.4, -0.2) is 81.1 Å². The summed E-state index contributed by atoms with van der Waals surface area (Å²) in [7, 11) is 1.30. The van der Waals surface area contributed by atoms with Crippen LogP contribution in [0.5, 0.6) is 5.75 Å². The van der Waals surface area contributed by atoms with Gasteiger partial charge in [-0.2, -0.15) is 0 Å². The Kier molecular flexibility index (Phi) is 7.95. The summed E-state index contributed by atoms with van der Waals surface area (Å²) in [6, 6.07) is 13.1. The maximum atomic E-state index is 15.9. The van der Waals surface area contributed by atoms with Crippen molar-refractivity contribution in [2.45, 2.75) is 56.4 Å². The Hall–Kier alpha value is -3.57. The standard InChI is InChI=1S/C35H35Cl2FN4O5/c1-45-35(44)27-11-30(38)26(12-31(27)42-22-7-8-23(42)17-46-16-22)25-4-2-3-19-14-40(18-47-33(19)25)34(43)32-28(36)9-24(10-29(32)37)41-15-20-5-6-21(41)13-39-20/h2-4,9-12,20-23,39H,5-8,13-18H2,1H3/t20-,21+,22?,23?/m0/s1. The van der Waals surface area contributed by atoms with Gasteiger partial charge < -0.3 is 34.2 Å². The van der Waals surface area contributed by atoms with Crippen molar-refractivity contribution >= 4 is 46.5 Å². The number of halogens is 3. The number of carbonyl (C=O) groups is 2. The van der Waals surface area contributed by atoms with Crippen molar-refractivity contribution < 1.29 is 28.2 Å². The number of rotatable bonds is 5. The lowest BCUT2D eigenvalue weighted by Gasteiger charge is -2.47. The number of methoxy groups -OCH3 is 1. The molecule has 0 saturated carbocycles. The van der Waals surface area contributed by atoms with Gasteiger partial charge >= 0.3 is 5.97 Å². The molecule has 2 unspecified atom stereocenters. The highest BCUT2D eigenvalue weighted by molar-refractivity contribution is 6.40. The molecule has 0 radical (unpaired) electrons. The molecule has 6 heterocycles. The number of fused-ring (bicyclic) bond motifs is 6. The number of nitrogens with one attached hydrogen (secondary N) is 1. The lowest BCUT2D eigenvalue weighted by molar-refractivity contribution is 0.0515. The first-order valence-corrected chi connectivity index (χ1v) is 16.9. The fourth-order valence-corrected chi connectivity index (χ4v) is 8.64. The number of morpholine rings is 1. The van der Waals surface area contributed by atoms with E-state index in [0.717, 1.165) is 44.5 Å². The normalized spacial score (nSPS) is 24.6. The van der Waals surface area contributed by atoms with Gasteiger partial charge in [0.1, 0.15) is 11.6 Å². The predicted octanol–water partition coefficient (Wildman–Crippen LogP) is 5.89. The van der Waals surface area contributed by atoms with Crippen LogP contribution in [-0.2, 0) is 16.0 Å². The summed E-state index contributed by atoms with van der Waals surface area (Å²) in [6.07, 6.45) is 4.12. The van der Waals surface area contributed by atoms with Crippen LogP contribution in [0.2, 0.25) is 10.0 Å². The molecule has 12 heteroatoms. The number of carbonyl (C=O) groups excluding carboxylic acids is 2. The van der Waals surface area contributed by atoms with Crippen LogP contribution >= 0.6 is 23.2 Å². The summed E-state index contributed by atoms with van der Waals surface area (Å²) in [6.45, 7) is 3.05. The maximum absolute atomic E-state index is 15.9. The molecule has 1 N–H and O–H groups in total. The van der Waals surface area contributed by atoms with Crippen molar-refractivity contribution in [2.75, 3.05) is 49.9 Å². The number of benzene rings is 3. The van der Waals surface area contributed by atoms with Crippen molar-refractivity contribution in [3.8, 4) is 16.9 Å². The Bertz CT molecular complexity index is 1730. The van der Waals surface area contributed by atoms with Crippen LogP contribution in [0.25, 0.3) is 11.1 Å². The summed E-state index contributed by atoms with van der Waals surface area (Å²) >= 11 is 13.5. The number of piperidine rings is 2. The van der Waals surface area contributed by atoms with Crippen molar-refractivity contribution in [3.05, 3.63) is 75.0 Å². The quantitative estimate of drug-likeness (QED) is 0.335. The molecule has 246 valence electrons. The van der Waals surface area contributed by atoms with Gasteiger partial charge in [-0.3, -0.25) is 4.79 Å². The number of esters is 1. The van der Waals surface area contributed by atoms with E-state index in [1.54, 1.807) is 17.0 Å². The average molecular weight is 682 g/mol. The van der Waals surface area contributed by atoms with Crippen LogP contribution in [0, 0.1) is 5.82 Å². The van der Waals surface area contributed by atoms with E-state index in [2.05, 4.69) is 15.1 Å². The second-order valence-electron chi connectivity index (χ2n) is 13.0. The first-order chi connectivity index (χ1) is 22.8. The van der Waals surface area contributed by atoms with Gasteiger partial charge in [0, 0.05) is 47.6 Å². The third-order valence-electron chi connectivity index (χ3n) is 10.3. The van der Waals surface area contributed by atoms with Crippen LogP contribution in [0.3, 0.4) is 0 Å². The van der Waals surface area contributed by atoms with Crippen LogP contribution in [0.15, 0.2) is 42.5 Å². The van der Waals surface area contributed by atoms with E-state index < -0.39 is 11.8 Å². The van der Waals surface area contributed by atoms with E-state index in [1.165, 1.54) is 13.2 Å². The monoisotopic (exact) mass is 680 g/mol. The van der Waals surface area contributed by atoms with E-state index in [4.69, 9.17) is 37.4 Å². The minimum atomic E-state index is -0.595. The molecule has 6 aliphatic rings. The molecule has 9 nitrogen and oxygen atoms in total. The number of anilines is 2. The Labute approximate surface area is 282 Å². The van der Waals surface area contributed by atoms with E-state index in [1.807, 2.05) is 24.3 Å². The molecule has 1 amide bonds. The largest absolute Gasteiger partial charge is 0.472 e. The Morgan fingerprint density at radius 2 is 1.72 bits per heavy atom. The summed E-state index contributed by atoms with van der Waals surface area (Å²) in [5.74, 6) is -1.02. The number of hydrogen-bond acceptors (Lipinski definition) is 8. The van der Waals surface area contributed by atoms with Crippen molar-refractivity contribution in [3.63, 3.8) is 0 Å². The first-order valence-electron chi connectivity index (χ1n) is 16.1. The van der Waals surface area contributed by atoms with Crippen molar-refractivity contribution in [1.29, 1.82) is 0 Å². The van der Waals surface area contributed by atoms with Gasteiger partial charge in [-0.15, -0.1) is 0 Å². The van der Waals surface area contributed by atoms with Crippen LogP contribution < -0.4 is 19.9 Å². The third-order valence-corrected chi connectivity index (χ3v) is 10.9. The van der Waals surface area contributed by atoms with Gasteiger partial charge in [0.25, 0.3) is 5.91 Å². The SMILES string of the molecule is COC(=O)c1cc(F)c(-c2cccc3c2OCN(C(=O)c2c(Cl)cc(N4C[C@@H]5CC[C@@H]4CN5)cc2Cl)C3)cc1N1C2CCC1COC2. The highest BCUT2D eigenvalue weighted by Crippen LogP contribution is 2.44. The van der Waals surface area contributed by atoms with E-state index in [9.17, 15) is 9.59 Å². The lowest BCUT2D eigenvalue weighted by atomic mass is 9.92. The van der Waals surface area contributed by atoms with Crippen molar-refractivity contribution in [1.82, 2.24) is 10.2 Å². The third kappa shape index (κ3) is 5.30. The number of amides is 1. The fourth-order valence-electron chi connectivity index (χ4n) is 8.01. The molecule has 5 fully saturated rings. The van der Waals surface area contributed by atoms with E-state index in [0.29, 0.717) is 63.5 Å². The van der Waals surface area contributed by atoms with Gasteiger partial charge in [0.2, 0.25) is 0 Å². The highest BCUT2D eigenvalue weighted by Gasteiger charge is 2.40. The minimum Gasteiger partial charge on any atom is -0.472 e. The van der Waals surface area contributed by atoms with Gasteiger partial charge in [0.05, 0.1) is 65.8 Å². The molecule has 47 heavy (non-hydrogen) atoms. The molecular weight excluding hydrogens is 646 g/mol. The topological polar surface area (TPSA) is 83.6 Å². The van der Waals surface area contributed by atoms with Crippen molar-refractivity contribution in [2.24, 2.45) is 0 Å². The summed E-state index contributed by atoms with van der Waals surface area (Å²) in [4.78, 5) is 32.7. The maximum Gasteiger partial charge on any atom is 0.340 e. The molecule has 4 atom stereocenters.